The zero-order valence-corrected chi connectivity index (χ0v) is 22.1. The Labute approximate surface area is 213 Å². The van der Waals surface area contributed by atoms with Crippen molar-refractivity contribution in [1.29, 1.82) is 0 Å². The molecule has 0 aliphatic carbocycles. The molecule has 3 rings (SSSR count). The lowest BCUT2D eigenvalue weighted by Gasteiger charge is -2.34. The van der Waals surface area contributed by atoms with E-state index in [1.807, 2.05) is 26.1 Å². The number of pyridine rings is 1. The van der Waals surface area contributed by atoms with Gasteiger partial charge in [0.2, 0.25) is 0 Å². The molecule has 182 valence electrons. The maximum absolute atomic E-state index is 13.8. The molecular weight excluding hydrogens is 534 g/mol. The number of benzene rings is 1. The summed E-state index contributed by atoms with van der Waals surface area (Å²) in [5.41, 5.74) is 1.11. The number of guanidine groups is 1. The van der Waals surface area contributed by atoms with Crippen molar-refractivity contribution < 1.29 is 9.13 Å². The molecule has 2 heterocycles. The van der Waals surface area contributed by atoms with E-state index in [0.29, 0.717) is 19.0 Å². The molecule has 0 spiro atoms. The molecule has 1 saturated heterocycles. The second-order valence-corrected chi connectivity index (χ2v) is 7.88. The van der Waals surface area contributed by atoms with Crippen molar-refractivity contribution >= 4 is 35.8 Å². The van der Waals surface area contributed by atoms with E-state index in [-0.39, 0.29) is 41.6 Å². The molecule has 1 unspecified atom stereocenters. The second-order valence-electron chi connectivity index (χ2n) is 7.88. The number of ether oxygens (including phenoxy) is 1. The maximum Gasteiger partial charge on any atom is 0.191 e. The molecule has 2 N–H and O–H groups in total. The van der Waals surface area contributed by atoms with Gasteiger partial charge >= 0.3 is 0 Å². The Morgan fingerprint density at radius 3 is 2.61 bits per heavy atom. The Hall–Kier alpha value is -2.14. The number of aromatic nitrogens is 1. The molecule has 1 aliphatic heterocycles. The van der Waals surface area contributed by atoms with E-state index < -0.39 is 0 Å². The molecule has 1 atom stereocenters. The number of rotatable bonds is 9. The second kappa shape index (κ2) is 14.2. The molecule has 1 fully saturated rings. The van der Waals surface area contributed by atoms with Crippen LogP contribution in [0.25, 0.3) is 0 Å². The van der Waals surface area contributed by atoms with Crippen LogP contribution in [0.4, 0.5) is 10.2 Å². The fourth-order valence-corrected chi connectivity index (χ4v) is 3.58. The van der Waals surface area contributed by atoms with Gasteiger partial charge in [0, 0.05) is 38.9 Å². The predicted octanol–water partition coefficient (Wildman–Crippen LogP) is 3.50. The Morgan fingerprint density at radius 1 is 1.15 bits per heavy atom. The van der Waals surface area contributed by atoms with Crippen LogP contribution in [-0.4, -0.2) is 67.8 Å². The number of aliphatic imine (C=N–C) groups is 1. The van der Waals surface area contributed by atoms with Crippen LogP contribution in [0.5, 0.6) is 5.75 Å². The smallest absolute Gasteiger partial charge is 0.191 e. The fraction of sp³-hybridized carbons (Fsp3) is 0.500. The van der Waals surface area contributed by atoms with Crippen LogP contribution in [-0.2, 0) is 6.54 Å². The Morgan fingerprint density at radius 2 is 1.91 bits per heavy atom. The summed E-state index contributed by atoms with van der Waals surface area (Å²) in [5.74, 6) is 1.61. The molecule has 0 amide bonds. The van der Waals surface area contributed by atoms with E-state index in [0.717, 1.165) is 50.6 Å². The molecule has 1 aromatic carbocycles. The molecule has 0 radical (unpaired) electrons. The zero-order chi connectivity index (χ0) is 22.8. The highest BCUT2D eigenvalue weighted by molar-refractivity contribution is 14.0. The van der Waals surface area contributed by atoms with Crippen LogP contribution in [0.15, 0.2) is 47.6 Å². The molecule has 0 bridgehead atoms. The largest absolute Gasteiger partial charge is 0.486 e. The van der Waals surface area contributed by atoms with Crippen LogP contribution in [0.3, 0.4) is 0 Å². The predicted molar refractivity (Wildman–Crippen MR) is 143 cm³/mol. The van der Waals surface area contributed by atoms with E-state index in [4.69, 9.17) is 9.73 Å². The molecular formula is C24H36FIN6O. The van der Waals surface area contributed by atoms with Crippen molar-refractivity contribution in [1.82, 2.24) is 20.5 Å². The molecule has 33 heavy (non-hydrogen) atoms. The topological polar surface area (TPSA) is 65.0 Å². The van der Waals surface area contributed by atoms with Gasteiger partial charge in [-0.05, 0) is 50.2 Å². The lowest BCUT2D eigenvalue weighted by atomic mass is 10.2. The number of halogens is 2. The Balaban J connectivity index is 0.00000385. The monoisotopic (exact) mass is 570 g/mol. The lowest BCUT2D eigenvalue weighted by Crippen LogP contribution is -2.46. The molecule has 1 aromatic heterocycles. The summed E-state index contributed by atoms with van der Waals surface area (Å²) in [6.45, 7) is 13.2. The minimum absolute atomic E-state index is 0. The number of hydrogen-bond acceptors (Lipinski definition) is 5. The van der Waals surface area contributed by atoms with Crippen LogP contribution >= 0.6 is 24.0 Å². The highest BCUT2D eigenvalue weighted by Crippen LogP contribution is 2.17. The summed E-state index contributed by atoms with van der Waals surface area (Å²) in [7, 11) is 0. The minimum atomic E-state index is -0.357. The normalized spacial score (nSPS) is 15.5. The number of para-hydroxylation sites is 1. The molecule has 7 nitrogen and oxygen atoms in total. The van der Waals surface area contributed by atoms with Crippen molar-refractivity contribution in [3.63, 3.8) is 0 Å². The van der Waals surface area contributed by atoms with Crippen molar-refractivity contribution in [2.45, 2.75) is 33.4 Å². The van der Waals surface area contributed by atoms with Crippen molar-refractivity contribution in [2.75, 3.05) is 50.7 Å². The summed E-state index contributed by atoms with van der Waals surface area (Å²) >= 11 is 0. The van der Waals surface area contributed by atoms with Gasteiger partial charge in [0.05, 0.1) is 13.1 Å². The number of nitrogens with zero attached hydrogens (tertiary/aromatic N) is 4. The van der Waals surface area contributed by atoms with Gasteiger partial charge in [0.1, 0.15) is 11.9 Å². The quantitative estimate of drug-likeness (QED) is 0.274. The average molecular weight is 570 g/mol. The third kappa shape index (κ3) is 8.62. The van der Waals surface area contributed by atoms with Gasteiger partial charge in [-0.1, -0.05) is 19.1 Å². The van der Waals surface area contributed by atoms with Gasteiger partial charge in [0.15, 0.2) is 17.5 Å². The number of piperazine rings is 1. The first-order valence-electron chi connectivity index (χ1n) is 11.4. The highest BCUT2D eigenvalue weighted by atomic mass is 127. The van der Waals surface area contributed by atoms with E-state index in [1.165, 1.54) is 6.07 Å². The highest BCUT2D eigenvalue weighted by Gasteiger charge is 2.17. The third-order valence-electron chi connectivity index (χ3n) is 5.44. The van der Waals surface area contributed by atoms with Gasteiger partial charge in [-0.3, -0.25) is 0 Å². The first kappa shape index (κ1) is 27.1. The van der Waals surface area contributed by atoms with Crippen molar-refractivity contribution in [3.8, 4) is 5.75 Å². The third-order valence-corrected chi connectivity index (χ3v) is 5.44. The number of nitrogens with one attached hydrogen (secondary N) is 2. The average Bonchev–Trinajstić information content (AvgIpc) is 2.82. The van der Waals surface area contributed by atoms with Gasteiger partial charge in [-0.15, -0.1) is 24.0 Å². The lowest BCUT2D eigenvalue weighted by molar-refractivity contribution is 0.214. The first-order chi connectivity index (χ1) is 15.6. The molecule has 2 aromatic rings. The molecule has 1 aliphatic rings. The van der Waals surface area contributed by atoms with E-state index >= 15 is 0 Å². The summed E-state index contributed by atoms with van der Waals surface area (Å²) in [4.78, 5) is 14.1. The van der Waals surface area contributed by atoms with Gasteiger partial charge in [-0.25, -0.2) is 14.4 Å². The summed E-state index contributed by atoms with van der Waals surface area (Å²) in [6.07, 6.45) is 1.64. The Kier molecular flexibility index (Phi) is 11.7. The van der Waals surface area contributed by atoms with Gasteiger partial charge < -0.3 is 25.2 Å². The van der Waals surface area contributed by atoms with E-state index in [2.05, 4.69) is 38.4 Å². The van der Waals surface area contributed by atoms with E-state index in [1.54, 1.807) is 18.2 Å². The zero-order valence-electron chi connectivity index (χ0n) is 19.8. The minimum Gasteiger partial charge on any atom is -0.486 e. The molecule has 0 saturated carbocycles. The fourth-order valence-electron chi connectivity index (χ4n) is 3.58. The van der Waals surface area contributed by atoms with Crippen LogP contribution in [0.1, 0.15) is 26.3 Å². The van der Waals surface area contributed by atoms with Gasteiger partial charge in [0.25, 0.3) is 0 Å². The number of anilines is 1. The van der Waals surface area contributed by atoms with Crippen LogP contribution < -0.4 is 20.3 Å². The first-order valence-corrected chi connectivity index (χ1v) is 11.4. The van der Waals surface area contributed by atoms with Crippen molar-refractivity contribution in [3.05, 3.63) is 54.0 Å². The van der Waals surface area contributed by atoms with E-state index in [9.17, 15) is 4.39 Å². The maximum atomic E-state index is 13.8. The molecule has 9 heteroatoms. The number of hydrogen-bond donors (Lipinski definition) is 2. The number of likely N-dealkylation sites (N-methyl/N-ethyl adjacent to an activating group) is 1. The SMILES string of the molecule is CCNC(=NCc1ccnc(N2CCN(CC)CC2)c1)NCC(C)Oc1ccccc1F.I. The van der Waals surface area contributed by atoms with Crippen molar-refractivity contribution in [2.24, 2.45) is 4.99 Å². The van der Waals surface area contributed by atoms with Gasteiger partial charge in [-0.2, -0.15) is 0 Å². The van der Waals surface area contributed by atoms with Crippen LogP contribution in [0.2, 0.25) is 0 Å². The summed E-state index contributed by atoms with van der Waals surface area (Å²) in [5, 5.41) is 6.53. The summed E-state index contributed by atoms with van der Waals surface area (Å²) < 4.78 is 19.5. The standard InChI is InChI=1S/C24H35FN6O.HI/c1-4-26-24(28-17-19(3)32-22-9-7-6-8-21(22)25)29-18-20-10-11-27-23(16-20)31-14-12-30(5-2)13-15-31;/h6-11,16,19H,4-5,12-15,17-18H2,1-3H3,(H2,26,28,29);1H. The Bertz CT molecular complexity index is 876. The van der Waals surface area contributed by atoms with Crippen LogP contribution in [0, 0.1) is 5.82 Å². The summed E-state index contributed by atoms with van der Waals surface area (Å²) in [6, 6.07) is 10.6.